The van der Waals surface area contributed by atoms with E-state index in [0.717, 1.165) is 0 Å². The van der Waals surface area contributed by atoms with E-state index in [0.29, 0.717) is 0 Å². The Bertz CT molecular complexity index is 3340. The van der Waals surface area contributed by atoms with Gasteiger partial charge in [-0.3, -0.25) is 0 Å². The molecule has 262 valence electrons. The zero-order chi connectivity index (χ0) is 36.5. The Morgan fingerprint density at radius 3 is 1.23 bits per heavy atom. The standard InChI is InChI=1S/C56H38/c1-2-30-56(31-3-1)50-32-42(34-10-12-35(13-11-34)44-24-18-40-16-14-36-6-4-8-38-20-28-48(44)54(40)52(36)38)22-26-46(50)47-27-23-43(33-51(47)56)45-25-19-41-17-15-37-7-5-9-39-21-29-49(45)55(41)53(37)39/h4-29,32-33H,1-3,30-31H2. The van der Waals surface area contributed by atoms with Crippen LogP contribution in [0.5, 0.6) is 0 Å². The van der Waals surface area contributed by atoms with E-state index in [1.807, 2.05) is 0 Å². The van der Waals surface area contributed by atoms with Gasteiger partial charge in [-0.05, 0) is 145 Å². The van der Waals surface area contributed by atoms with E-state index in [2.05, 4.69) is 170 Å². The predicted molar refractivity (Wildman–Crippen MR) is 239 cm³/mol. The van der Waals surface area contributed by atoms with Crippen LogP contribution >= 0.6 is 0 Å². The second-order valence-corrected chi connectivity index (χ2v) is 16.7. The van der Waals surface area contributed by atoms with Crippen LogP contribution in [0.2, 0.25) is 0 Å². The second-order valence-electron chi connectivity index (χ2n) is 16.7. The highest BCUT2D eigenvalue weighted by Crippen LogP contribution is 2.57. The van der Waals surface area contributed by atoms with Crippen molar-refractivity contribution in [2.75, 3.05) is 0 Å². The van der Waals surface area contributed by atoms with Crippen molar-refractivity contribution < 1.29 is 0 Å². The van der Waals surface area contributed by atoms with Crippen molar-refractivity contribution in [3.8, 4) is 44.5 Å². The van der Waals surface area contributed by atoms with Gasteiger partial charge in [0, 0.05) is 5.41 Å². The third-order valence-electron chi connectivity index (χ3n) is 14.0. The summed E-state index contributed by atoms with van der Waals surface area (Å²) >= 11 is 0. The molecule has 0 saturated heterocycles. The van der Waals surface area contributed by atoms with Gasteiger partial charge in [-0.2, -0.15) is 0 Å². The van der Waals surface area contributed by atoms with Crippen molar-refractivity contribution in [1.29, 1.82) is 0 Å². The zero-order valence-electron chi connectivity index (χ0n) is 31.2. The molecule has 0 aliphatic heterocycles. The highest BCUT2D eigenvalue weighted by atomic mass is 14.5. The summed E-state index contributed by atoms with van der Waals surface area (Å²) in [6.45, 7) is 0. The summed E-state index contributed by atoms with van der Waals surface area (Å²) < 4.78 is 0. The average molecular weight is 711 g/mol. The van der Waals surface area contributed by atoms with E-state index >= 15 is 0 Å². The Hall–Kier alpha value is -6.50. The molecule has 0 atom stereocenters. The van der Waals surface area contributed by atoms with Gasteiger partial charge >= 0.3 is 0 Å². The van der Waals surface area contributed by atoms with Crippen LogP contribution in [0, 0.1) is 0 Å². The van der Waals surface area contributed by atoms with Crippen LogP contribution < -0.4 is 0 Å². The lowest BCUT2D eigenvalue weighted by Gasteiger charge is -2.36. The Kier molecular flexibility index (Phi) is 6.20. The van der Waals surface area contributed by atoms with E-state index in [4.69, 9.17) is 0 Å². The zero-order valence-corrected chi connectivity index (χ0v) is 31.2. The van der Waals surface area contributed by atoms with Gasteiger partial charge in [0.1, 0.15) is 0 Å². The minimum Gasteiger partial charge on any atom is -0.0610 e. The van der Waals surface area contributed by atoms with Crippen molar-refractivity contribution in [3.63, 3.8) is 0 Å². The molecule has 2 aliphatic rings. The molecule has 1 spiro atoms. The first-order chi connectivity index (χ1) is 27.7. The molecule has 0 nitrogen and oxygen atoms in total. The van der Waals surface area contributed by atoms with Crippen molar-refractivity contribution in [3.05, 3.63) is 181 Å². The quantitative estimate of drug-likeness (QED) is 0.160. The molecule has 2 aliphatic carbocycles. The summed E-state index contributed by atoms with van der Waals surface area (Å²) in [5.41, 5.74) is 13.8. The number of rotatable bonds is 3. The normalized spacial score (nSPS) is 14.9. The Balaban J connectivity index is 0.909. The van der Waals surface area contributed by atoms with E-state index in [1.54, 1.807) is 0 Å². The summed E-state index contributed by atoms with van der Waals surface area (Å²) in [6, 6.07) is 65.2. The number of hydrogen-bond acceptors (Lipinski definition) is 0. The van der Waals surface area contributed by atoms with Gasteiger partial charge in [-0.25, -0.2) is 0 Å². The molecule has 0 heteroatoms. The van der Waals surface area contributed by atoms with E-state index in [1.165, 1.54) is 152 Å². The first-order valence-corrected chi connectivity index (χ1v) is 20.5. The van der Waals surface area contributed by atoms with Gasteiger partial charge in [0.2, 0.25) is 0 Å². The van der Waals surface area contributed by atoms with E-state index in [9.17, 15) is 0 Å². The van der Waals surface area contributed by atoms with Crippen LogP contribution in [0.15, 0.2) is 170 Å². The summed E-state index contributed by atoms with van der Waals surface area (Å²) in [5.74, 6) is 0. The molecule has 1 saturated carbocycles. The number of hydrogen-bond donors (Lipinski definition) is 0. The lowest BCUT2D eigenvalue weighted by molar-refractivity contribution is 0.353. The minimum absolute atomic E-state index is 0.0559. The lowest BCUT2D eigenvalue weighted by Crippen LogP contribution is -2.28. The highest BCUT2D eigenvalue weighted by Gasteiger charge is 2.44. The second kappa shape index (κ2) is 11.3. The summed E-state index contributed by atoms with van der Waals surface area (Å²) in [7, 11) is 0. The molecule has 13 rings (SSSR count). The predicted octanol–water partition coefficient (Wildman–Crippen LogP) is 15.7. The Morgan fingerprint density at radius 2 is 0.679 bits per heavy atom. The van der Waals surface area contributed by atoms with Crippen LogP contribution in [-0.4, -0.2) is 0 Å². The molecule has 11 aromatic rings. The van der Waals surface area contributed by atoms with E-state index in [-0.39, 0.29) is 5.41 Å². The topological polar surface area (TPSA) is 0 Å². The van der Waals surface area contributed by atoms with Crippen LogP contribution in [0.3, 0.4) is 0 Å². The largest absolute Gasteiger partial charge is 0.0610 e. The molecule has 11 aromatic carbocycles. The summed E-state index contributed by atoms with van der Waals surface area (Å²) in [4.78, 5) is 0. The van der Waals surface area contributed by atoms with Crippen LogP contribution in [0.1, 0.15) is 43.2 Å². The van der Waals surface area contributed by atoms with Crippen molar-refractivity contribution in [1.82, 2.24) is 0 Å². The van der Waals surface area contributed by atoms with Gasteiger partial charge in [-0.1, -0.05) is 177 Å². The van der Waals surface area contributed by atoms with Crippen LogP contribution in [0.4, 0.5) is 0 Å². The smallest absolute Gasteiger partial charge is 0.0215 e. The summed E-state index contributed by atoms with van der Waals surface area (Å²) in [5, 5.41) is 16.1. The monoisotopic (exact) mass is 710 g/mol. The number of fused-ring (bicyclic) bond motifs is 5. The molecular formula is C56H38. The molecule has 1 fully saturated rings. The first kappa shape index (κ1) is 30.8. The van der Waals surface area contributed by atoms with Gasteiger partial charge < -0.3 is 0 Å². The van der Waals surface area contributed by atoms with Gasteiger partial charge in [0.15, 0.2) is 0 Å². The SMILES string of the molecule is c1cc2ccc3ccc(-c4ccc(-c5ccc6c(c5)C5(CCCCC5)c5cc(-c7ccc8ccc9cccc%10ccc7c8c9%10)ccc5-6)cc4)c4ccc(c1)c2c34. The maximum Gasteiger partial charge on any atom is 0.0215 e. The molecule has 0 radical (unpaired) electrons. The molecule has 0 amide bonds. The van der Waals surface area contributed by atoms with Crippen molar-refractivity contribution >= 4 is 64.6 Å². The lowest BCUT2D eigenvalue weighted by atomic mass is 9.67. The molecule has 0 bridgehead atoms. The van der Waals surface area contributed by atoms with Gasteiger partial charge in [-0.15, -0.1) is 0 Å². The van der Waals surface area contributed by atoms with Crippen molar-refractivity contribution in [2.45, 2.75) is 37.5 Å². The maximum absolute atomic E-state index is 2.58. The fraction of sp³-hybridized carbons (Fsp3) is 0.107. The fourth-order valence-corrected chi connectivity index (χ4v) is 11.4. The molecule has 56 heavy (non-hydrogen) atoms. The average Bonchev–Trinajstić information content (AvgIpc) is 3.52. The third-order valence-corrected chi connectivity index (χ3v) is 14.0. The molecule has 0 heterocycles. The third kappa shape index (κ3) is 4.14. The van der Waals surface area contributed by atoms with Crippen LogP contribution in [0.25, 0.3) is 109 Å². The van der Waals surface area contributed by atoms with E-state index < -0.39 is 0 Å². The first-order valence-electron chi connectivity index (χ1n) is 20.5. The molecule has 0 N–H and O–H groups in total. The molecule has 0 unspecified atom stereocenters. The fourth-order valence-electron chi connectivity index (χ4n) is 11.4. The van der Waals surface area contributed by atoms with Crippen molar-refractivity contribution in [2.24, 2.45) is 0 Å². The van der Waals surface area contributed by atoms with Gasteiger partial charge in [0.25, 0.3) is 0 Å². The summed E-state index contributed by atoms with van der Waals surface area (Å²) in [6.07, 6.45) is 6.31. The van der Waals surface area contributed by atoms with Crippen LogP contribution in [-0.2, 0) is 5.41 Å². The molecular weight excluding hydrogens is 673 g/mol. The maximum atomic E-state index is 2.58. The highest BCUT2D eigenvalue weighted by molar-refractivity contribution is 6.26. The minimum atomic E-state index is 0.0559. The molecule has 0 aromatic heterocycles. The Morgan fingerprint density at radius 1 is 0.286 bits per heavy atom. The Labute approximate surface area is 326 Å². The van der Waals surface area contributed by atoms with Gasteiger partial charge in [0.05, 0.1) is 0 Å². The number of benzene rings is 11.